The van der Waals surface area contributed by atoms with E-state index in [9.17, 15) is 14.4 Å². The minimum Gasteiger partial charge on any atom is -0.490 e. The van der Waals surface area contributed by atoms with Crippen LogP contribution in [0.15, 0.2) is 18.2 Å². The highest BCUT2D eigenvalue weighted by molar-refractivity contribution is 6.08. The number of imide groups is 1. The van der Waals surface area contributed by atoms with Gasteiger partial charge in [-0.05, 0) is 25.1 Å². The Bertz CT molecular complexity index is 658. The Morgan fingerprint density at radius 3 is 2.65 bits per heavy atom. The van der Waals surface area contributed by atoms with Crippen LogP contribution in [0.4, 0.5) is 0 Å². The number of benzene rings is 1. The van der Waals surface area contributed by atoms with E-state index in [0.717, 1.165) is 6.42 Å². The highest BCUT2D eigenvalue weighted by Crippen LogP contribution is 2.31. The van der Waals surface area contributed by atoms with Crippen molar-refractivity contribution in [1.29, 1.82) is 0 Å². The third-order valence-electron chi connectivity index (χ3n) is 3.92. The van der Waals surface area contributed by atoms with Crippen LogP contribution in [0, 0.1) is 0 Å². The van der Waals surface area contributed by atoms with Crippen molar-refractivity contribution in [1.82, 2.24) is 10.2 Å². The molecule has 0 radical (unpaired) electrons. The summed E-state index contributed by atoms with van der Waals surface area (Å²) in [6.45, 7) is 3.21. The SMILES string of the molecule is CCN(C(=O)c1ccc2c(c1)OCCCO2)[C@@H]1CC(=O)NC1=O. The van der Waals surface area contributed by atoms with Crippen molar-refractivity contribution in [2.75, 3.05) is 19.8 Å². The van der Waals surface area contributed by atoms with Gasteiger partial charge in [-0.25, -0.2) is 0 Å². The molecule has 122 valence electrons. The van der Waals surface area contributed by atoms with Gasteiger partial charge in [-0.3, -0.25) is 19.7 Å². The van der Waals surface area contributed by atoms with Crippen LogP contribution in [0.2, 0.25) is 0 Å². The van der Waals surface area contributed by atoms with Crippen molar-refractivity contribution < 1.29 is 23.9 Å². The van der Waals surface area contributed by atoms with Gasteiger partial charge in [0.05, 0.1) is 19.6 Å². The molecule has 0 saturated carbocycles. The molecule has 3 amide bonds. The number of fused-ring (bicyclic) bond motifs is 1. The zero-order chi connectivity index (χ0) is 16.4. The molecule has 2 aliphatic rings. The zero-order valence-electron chi connectivity index (χ0n) is 12.8. The van der Waals surface area contributed by atoms with Crippen LogP contribution in [-0.4, -0.2) is 48.4 Å². The van der Waals surface area contributed by atoms with Crippen molar-refractivity contribution in [3.05, 3.63) is 23.8 Å². The summed E-state index contributed by atoms with van der Waals surface area (Å²) in [5.74, 6) is 0.0368. The van der Waals surface area contributed by atoms with Gasteiger partial charge in [0.25, 0.3) is 5.91 Å². The monoisotopic (exact) mass is 318 g/mol. The van der Waals surface area contributed by atoms with Gasteiger partial charge in [-0.15, -0.1) is 0 Å². The van der Waals surface area contributed by atoms with Gasteiger partial charge in [-0.1, -0.05) is 0 Å². The number of carbonyl (C=O) groups excluding carboxylic acids is 3. The molecule has 1 aromatic rings. The quantitative estimate of drug-likeness (QED) is 0.830. The summed E-state index contributed by atoms with van der Waals surface area (Å²) >= 11 is 0. The number of likely N-dealkylation sites (N-methyl/N-ethyl adjacent to an activating group) is 1. The lowest BCUT2D eigenvalue weighted by atomic mass is 10.1. The fraction of sp³-hybridized carbons (Fsp3) is 0.438. The first-order chi connectivity index (χ1) is 11.1. The van der Waals surface area contributed by atoms with Crippen molar-refractivity contribution in [2.24, 2.45) is 0 Å². The normalized spacial score (nSPS) is 20.0. The third-order valence-corrected chi connectivity index (χ3v) is 3.92. The predicted octanol–water partition coefficient (Wildman–Crippen LogP) is 0.725. The molecular formula is C16H18N2O5. The second-order valence-corrected chi connectivity index (χ2v) is 5.44. The van der Waals surface area contributed by atoms with E-state index < -0.39 is 11.9 Å². The Balaban J connectivity index is 1.85. The highest BCUT2D eigenvalue weighted by atomic mass is 16.5. The minimum absolute atomic E-state index is 0.00294. The zero-order valence-corrected chi connectivity index (χ0v) is 12.8. The molecule has 2 heterocycles. The number of hydrogen-bond donors (Lipinski definition) is 1. The molecule has 0 aromatic heterocycles. The van der Waals surface area contributed by atoms with Gasteiger partial charge in [0.15, 0.2) is 11.5 Å². The highest BCUT2D eigenvalue weighted by Gasteiger charge is 2.37. The van der Waals surface area contributed by atoms with Crippen LogP contribution >= 0.6 is 0 Å². The summed E-state index contributed by atoms with van der Waals surface area (Å²) in [4.78, 5) is 37.3. The maximum atomic E-state index is 12.7. The topological polar surface area (TPSA) is 84.9 Å². The lowest BCUT2D eigenvalue weighted by Crippen LogP contribution is -2.44. The molecule has 0 bridgehead atoms. The largest absolute Gasteiger partial charge is 0.490 e. The molecule has 23 heavy (non-hydrogen) atoms. The second kappa shape index (κ2) is 6.28. The Morgan fingerprint density at radius 2 is 2.00 bits per heavy atom. The maximum Gasteiger partial charge on any atom is 0.254 e. The van der Waals surface area contributed by atoms with Gasteiger partial charge < -0.3 is 14.4 Å². The van der Waals surface area contributed by atoms with E-state index in [4.69, 9.17) is 9.47 Å². The van der Waals surface area contributed by atoms with Gasteiger partial charge >= 0.3 is 0 Å². The van der Waals surface area contributed by atoms with E-state index >= 15 is 0 Å². The van der Waals surface area contributed by atoms with Crippen LogP contribution in [0.3, 0.4) is 0 Å². The molecule has 1 atom stereocenters. The van der Waals surface area contributed by atoms with E-state index in [1.54, 1.807) is 25.1 Å². The van der Waals surface area contributed by atoms with Crippen LogP contribution in [0.5, 0.6) is 11.5 Å². The summed E-state index contributed by atoms with van der Waals surface area (Å²) in [5, 5.41) is 2.23. The number of ether oxygens (including phenoxy) is 2. The minimum atomic E-state index is -0.754. The van der Waals surface area contributed by atoms with Crippen LogP contribution in [0.1, 0.15) is 30.1 Å². The number of nitrogens with one attached hydrogen (secondary N) is 1. The molecule has 0 spiro atoms. The number of rotatable bonds is 3. The first-order valence-corrected chi connectivity index (χ1v) is 7.64. The van der Waals surface area contributed by atoms with Gasteiger partial charge in [-0.2, -0.15) is 0 Å². The Morgan fingerprint density at radius 1 is 1.26 bits per heavy atom. The van der Waals surface area contributed by atoms with E-state index in [0.29, 0.717) is 36.8 Å². The molecule has 0 unspecified atom stereocenters. The van der Waals surface area contributed by atoms with E-state index in [2.05, 4.69) is 5.32 Å². The molecule has 2 aliphatic heterocycles. The average Bonchev–Trinajstić information content (AvgIpc) is 2.75. The number of hydrogen-bond acceptors (Lipinski definition) is 5. The lowest BCUT2D eigenvalue weighted by Gasteiger charge is -2.25. The van der Waals surface area contributed by atoms with Gasteiger partial charge in [0, 0.05) is 18.5 Å². The standard InChI is InChI=1S/C16H18N2O5/c1-2-18(11-9-14(19)17-15(11)20)16(21)10-4-5-12-13(8-10)23-7-3-6-22-12/h4-5,8,11H,2-3,6-7,9H2,1H3,(H,17,19,20)/t11-/m1/s1. The van der Waals surface area contributed by atoms with E-state index in [-0.39, 0.29) is 18.2 Å². The number of amides is 3. The summed E-state index contributed by atoms with van der Waals surface area (Å²) in [6, 6.07) is 4.21. The molecule has 1 aromatic carbocycles. The van der Waals surface area contributed by atoms with Crippen LogP contribution in [-0.2, 0) is 9.59 Å². The Kier molecular flexibility index (Phi) is 4.18. The molecule has 3 rings (SSSR count). The molecule has 1 fully saturated rings. The fourth-order valence-corrected chi connectivity index (χ4v) is 2.76. The molecule has 7 heteroatoms. The van der Waals surface area contributed by atoms with Gasteiger partial charge in [0.1, 0.15) is 6.04 Å². The van der Waals surface area contributed by atoms with Crippen molar-refractivity contribution in [3.63, 3.8) is 0 Å². The van der Waals surface area contributed by atoms with Crippen molar-refractivity contribution >= 4 is 17.7 Å². The molecule has 7 nitrogen and oxygen atoms in total. The number of carbonyl (C=O) groups is 3. The fourth-order valence-electron chi connectivity index (χ4n) is 2.76. The molecule has 1 N–H and O–H groups in total. The summed E-state index contributed by atoms with van der Waals surface area (Å²) in [5.41, 5.74) is 0.406. The van der Waals surface area contributed by atoms with Crippen LogP contribution in [0.25, 0.3) is 0 Å². The first-order valence-electron chi connectivity index (χ1n) is 7.64. The molecule has 0 aliphatic carbocycles. The summed E-state index contributed by atoms with van der Waals surface area (Å²) in [7, 11) is 0. The first kappa shape index (κ1) is 15.3. The lowest BCUT2D eigenvalue weighted by molar-refractivity contribution is -0.126. The second-order valence-electron chi connectivity index (χ2n) is 5.44. The smallest absolute Gasteiger partial charge is 0.254 e. The van der Waals surface area contributed by atoms with Crippen LogP contribution < -0.4 is 14.8 Å². The predicted molar refractivity (Wildman–Crippen MR) is 80.3 cm³/mol. The summed E-state index contributed by atoms with van der Waals surface area (Å²) in [6.07, 6.45) is 0.784. The average molecular weight is 318 g/mol. The Hall–Kier alpha value is -2.57. The molecular weight excluding hydrogens is 300 g/mol. The Labute approximate surface area is 133 Å². The summed E-state index contributed by atoms with van der Waals surface area (Å²) < 4.78 is 11.1. The van der Waals surface area contributed by atoms with Crippen molar-refractivity contribution in [2.45, 2.75) is 25.8 Å². The number of nitrogens with zero attached hydrogens (tertiary/aromatic N) is 1. The third kappa shape index (κ3) is 2.99. The molecule has 1 saturated heterocycles. The van der Waals surface area contributed by atoms with Crippen molar-refractivity contribution in [3.8, 4) is 11.5 Å². The van der Waals surface area contributed by atoms with E-state index in [1.165, 1.54) is 4.90 Å². The van der Waals surface area contributed by atoms with E-state index in [1.807, 2.05) is 0 Å². The van der Waals surface area contributed by atoms with Gasteiger partial charge in [0.2, 0.25) is 11.8 Å². The maximum absolute atomic E-state index is 12.7.